The molecule has 0 spiro atoms. The fraction of sp³-hybridized carbons (Fsp3) is 0.467. The lowest BCUT2D eigenvalue weighted by Crippen LogP contribution is -2.11. The molecule has 1 aromatic heterocycles. The molecule has 2 heteroatoms. The molecule has 1 saturated carbocycles. The SMILES string of the molecule is NCc1ccc2ccn(C3CCCCC3)c2c1. The van der Waals surface area contributed by atoms with Crippen molar-refractivity contribution < 1.29 is 0 Å². The highest BCUT2D eigenvalue weighted by Crippen LogP contribution is 2.31. The molecule has 1 fully saturated rings. The lowest BCUT2D eigenvalue weighted by Gasteiger charge is -2.24. The molecule has 90 valence electrons. The van der Waals surface area contributed by atoms with Crippen LogP contribution >= 0.6 is 0 Å². The molecule has 0 atom stereocenters. The Morgan fingerprint density at radius 2 is 1.94 bits per heavy atom. The predicted molar refractivity (Wildman–Crippen MR) is 72.0 cm³/mol. The van der Waals surface area contributed by atoms with Gasteiger partial charge < -0.3 is 10.3 Å². The Kier molecular flexibility index (Phi) is 2.89. The number of nitrogens with zero attached hydrogens (tertiary/aromatic N) is 1. The van der Waals surface area contributed by atoms with Crippen LogP contribution in [0.15, 0.2) is 30.5 Å². The van der Waals surface area contributed by atoms with E-state index in [0.717, 1.165) is 0 Å². The van der Waals surface area contributed by atoms with Crippen molar-refractivity contribution in [3.05, 3.63) is 36.0 Å². The van der Waals surface area contributed by atoms with E-state index in [4.69, 9.17) is 5.73 Å². The van der Waals surface area contributed by atoms with E-state index in [2.05, 4.69) is 35.0 Å². The molecule has 1 aromatic carbocycles. The second-order valence-corrected chi connectivity index (χ2v) is 5.11. The van der Waals surface area contributed by atoms with Gasteiger partial charge in [-0.2, -0.15) is 0 Å². The molecule has 0 bridgehead atoms. The number of benzene rings is 1. The summed E-state index contributed by atoms with van der Waals surface area (Å²) in [5, 5.41) is 1.34. The second-order valence-electron chi connectivity index (χ2n) is 5.11. The van der Waals surface area contributed by atoms with Gasteiger partial charge in [0, 0.05) is 24.3 Å². The van der Waals surface area contributed by atoms with E-state index < -0.39 is 0 Å². The maximum absolute atomic E-state index is 5.73. The number of hydrogen-bond acceptors (Lipinski definition) is 1. The second kappa shape index (κ2) is 4.53. The molecule has 0 unspecified atom stereocenters. The summed E-state index contributed by atoms with van der Waals surface area (Å²) in [5.74, 6) is 0. The Hall–Kier alpha value is -1.28. The quantitative estimate of drug-likeness (QED) is 0.836. The molecule has 1 heterocycles. The Labute approximate surface area is 102 Å². The first kappa shape index (κ1) is 10.8. The van der Waals surface area contributed by atoms with Crippen molar-refractivity contribution in [3.63, 3.8) is 0 Å². The average molecular weight is 228 g/mol. The van der Waals surface area contributed by atoms with E-state index in [1.165, 1.54) is 48.6 Å². The fourth-order valence-electron chi connectivity index (χ4n) is 3.00. The van der Waals surface area contributed by atoms with Crippen LogP contribution in [0.3, 0.4) is 0 Å². The van der Waals surface area contributed by atoms with E-state index in [0.29, 0.717) is 12.6 Å². The van der Waals surface area contributed by atoms with Gasteiger partial charge >= 0.3 is 0 Å². The van der Waals surface area contributed by atoms with Crippen LogP contribution in [-0.2, 0) is 6.54 Å². The Morgan fingerprint density at radius 1 is 1.12 bits per heavy atom. The van der Waals surface area contributed by atoms with Crippen molar-refractivity contribution >= 4 is 10.9 Å². The predicted octanol–water partition coefficient (Wildman–Crippen LogP) is 3.61. The highest BCUT2D eigenvalue weighted by atomic mass is 15.0. The van der Waals surface area contributed by atoms with Crippen LogP contribution < -0.4 is 5.73 Å². The first-order chi connectivity index (χ1) is 8.38. The highest BCUT2D eigenvalue weighted by Gasteiger charge is 2.16. The van der Waals surface area contributed by atoms with Crippen LogP contribution in [-0.4, -0.2) is 4.57 Å². The third kappa shape index (κ3) is 1.98. The Morgan fingerprint density at radius 3 is 2.71 bits per heavy atom. The summed E-state index contributed by atoms with van der Waals surface area (Å²) in [6.45, 7) is 0.631. The Balaban J connectivity index is 2.02. The molecule has 2 nitrogen and oxygen atoms in total. The van der Waals surface area contributed by atoms with E-state index in [1.807, 2.05) is 0 Å². The molecule has 0 amide bonds. The smallest absolute Gasteiger partial charge is 0.0486 e. The Bertz CT molecular complexity index is 507. The minimum absolute atomic E-state index is 0.631. The van der Waals surface area contributed by atoms with Gasteiger partial charge in [0.1, 0.15) is 0 Å². The van der Waals surface area contributed by atoms with Crippen molar-refractivity contribution in [3.8, 4) is 0 Å². The van der Waals surface area contributed by atoms with Crippen LogP contribution in [0, 0.1) is 0 Å². The van der Waals surface area contributed by atoms with E-state index in [1.54, 1.807) is 0 Å². The van der Waals surface area contributed by atoms with Gasteiger partial charge in [-0.1, -0.05) is 31.4 Å². The van der Waals surface area contributed by atoms with E-state index in [-0.39, 0.29) is 0 Å². The van der Waals surface area contributed by atoms with E-state index in [9.17, 15) is 0 Å². The summed E-state index contributed by atoms with van der Waals surface area (Å²) >= 11 is 0. The maximum atomic E-state index is 5.73. The maximum Gasteiger partial charge on any atom is 0.0486 e. The first-order valence-electron chi connectivity index (χ1n) is 6.68. The minimum Gasteiger partial charge on any atom is -0.344 e. The van der Waals surface area contributed by atoms with Gasteiger partial charge in [0.2, 0.25) is 0 Å². The van der Waals surface area contributed by atoms with E-state index >= 15 is 0 Å². The third-order valence-electron chi connectivity index (χ3n) is 3.99. The van der Waals surface area contributed by atoms with Crippen LogP contribution in [0.5, 0.6) is 0 Å². The van der Waals surface area contributed by atoms with Gasteiger partial charge in [-0.3, -0.25) is 0 Å². The van der Waals surface area contributed by atoms with Crippen LogP contribution in [0.4, 0.5) is 0 Å². The molecular weight excluding hydrogens is 208 g/mol. The number of fused-ring (bicyclic) bond motifs is 1. The van der Waals surface area contributed by atoms with Crippen molar-refractivity contribution in [2.45, 2.75) is 44.7 Å². The van der Waals surface area contributed by atoms with Gasteiger partial charge in [0.05, 0.1) is 0 Å². The molecular formula is C15H20N2. The molecule has 0 aliphatic heterocycles. The summed E-state index contributed by atoms with van der Waals surface area (Å²) in [4.78, 5) is 0. The summed E-state index contributed by atoms with van der Waals surface area (Å²) in [7, 11) is 0. The molecule has 3 rings (SSSR count). The van der Waals surface area contributed by atoms with Crippen LogP contribution in [0.2, 0.25) is 0 Å². The normalized spacial score (nSPS) is 17.7. The summed E-state index contributed by atoms with van der Waals surface area (Å²) < 4.78 is 2.47. The summed E-state index contributed by atoms with van der Waals surface area (Å²) in [6, 6.07) is 9.51. The zero-order chi connectivity index (χ0) is 11.7. The highest BCUT2D eigenvalue weighted by molar-refractivity contribution is 5.81. The summed E-state index contributed by atoms with van der Waals surface area (Å²) in [5.41, 5.74) is 8.32. The zero-order valence-electron chi connectivity index (χ0n) is 10.2. The average Bonchev–Trinajstić information content (AvgIpc) is 2.82. The van der Waals surface area contributed by atoms with Crippen molar-refractivity contribution in [2.75, 3.05) is 0 Å². The van der Waals surface area contributed by atoms with Gasteiger partial charge in [-0.25, -0.2) is 0 Å². The van der Waals surface area contributed by atoms with Gasteiger partial charge in [0.15, 0.2) is 0 Å². The number of rotatable bonds is 2. The third-order valence-corrected chi connectivity index (χ3v) is 3.99. The molecule has 17 heavy (non-hydrogen) atoms. The molecule has 2 aromatic rings. The molecule has 2 N–H and O–H groups in total. The monoisotopic (exact) mass is 228 g/mol. The number of hydrogen-bond donors (Lipinski definition) is 1. The topological polar surface area (TPSA) is 30.9 Å². The van der Waals surface area contributed by atoms with Crippen molar-refractivity contribution in [1.29, 1.82) is 0 Å². The molecule has 0 saturated heterocycles. The number of nitrogens with two attached hydrogens (primary N) is 1. The first-order valence-corrected chi connectivity index (χ1v) is 6.68. The van der Waals surface area contributed by atoms with Gasteiger partial charge in [-0.15, -0.1) is 0 Å². The standard InChI is InChI=1S/C15H20N2/c16-11-12-6-7-13-8-9-17(15(13)10-12)14-4-2-1-3-5-14/h6-10,14H,1-5,11,16H2. The van der Waals surface area contributed by atoms with Crippen molar-refractivity contribution in [2.24, 2.45) is 5.73 Å². The largest absolute Gasteiger partial charge is 0.344 e. The van der Waals surface area contributed by atoms with Crippen molar-refractivity contribution in [1.82, 2.24) is 4.57 Å². The molecule has 1 aliphatic carbocycles. The fourth-order valence-corrected chi connectivity index (χ4v) is 3.00. The molecule has 1 aliphatic rings. The minimum atomic E-state index is 0.631. The van der Waals surface area contributed by atoms with Gasteiger partial charge in [0.25, 0.3) is 0 Å². The van der Waals surface area contributed by atoms with Gasteiger partial charge in [-0.05, 0) is 35.9 Å². The van der Waals surface area contributed by atoms with Crippen LogP contribution in [0.25, 0.3) is 10.9 Å². The lowest BCUT2D eigenvalue weighted by molar-refractivity contribution is 0.361. The summed E-state index contributed by atoms with van der Waals surface area (Å²) in [6.07, 6.45) is 9.07. The number of aromatic nitrogens is 1. The zero-order valence-corrected chi connectivity index (χ0v) is 10.2. The van der Waals surface area contributed by atoms with Crippen LogP contribution in [0.1, 0.15) is 43.7 Å². The molecule has 0 radical (unpaired) electrons. The lowest BCUT2D eigenvalue weighted by atomic mass is 9.95.